The molecule has 1 unspecified atom stereocenters. The van der Waals surface area contributed by atoms with E-state index >= 15 is 0 Å². The van der Waals surface area contributed by atoms with E-state index in [1.54, 1.807) is 7.11 Å². The minimum atomic E-state index is -0.407. The molecule has 1 aliphatic heterocycles. The molecular weight excluding hydrogens is 352 g/mol. The number of carbonyl (C=O) groups is 1. The Kier molecular flexibility index (Phi) is 5.02. The Morgan fingerprint density at radius 3 is 2.54 bits per heavy atom. The van der Waals surface area contributed by atoms with Crippen molar-refractivity contribution in [2.45, 2.75) is 30.8 Å². The zero-order chi connectivity index (χ0) is 19.7. The Hall–Kier alpha value is -2.53. The fraction of sp³-hybridized carbons (Fsp3) is 0.435. The van der Waals surface area contributed by atoms with Crippen LogP contribution in [-0.4, -0.2) is 56.1 Å². The number of likely N-dealkylation sites (N-methyl/N-ethyl adjacent to an activating group) is 1. The molecule has 0 saturated heterocycles. The van der Waals surface area contributed by atoms with Crippen LogP contribution in [0.15, 0.2) is 48.5 Å². The lowest BCUT2D eigenvalue weighted by molar-refractivity contribution is -0.137. The van der Waals surface area contributed by atoms with Crippen LogP contribution in [0.2, 0.25) is 0 Å². The van der Waals surface area contributed by atoms with Gasteiger partial charge in [-0.3, -0.25) is 4.79 Å². The molecule has 2 aliphatic rings. The highest BCUT2D eigenvalue weighted by Gasteiger charge is 2.54. The summed E-state index contributed by atoms with van der Waals surface area (Å²) in [6.45, 7) is 1.88. The number of carbonyl (C=O) groups excluding carboxylic acids is 1. The normalized spacial score (nSPS) is 20.1. The fourth-order valence-electron chi connectivity index (χ4n) is 4.11. The van der Waals surface area contributed by atoms with Crippen molar-refractivity contribution in [2.75, 3.05) is 34.4 Å². The van der Waals surface area contributed by atoms with Gasteiger partial charge in [-0.1, -0.05) is 30.3 Å². The number of hydrogen-bond donors (Lipinski definition) is 0. The van der Waals surface area contributed by atoms with E-state index in [0.717, 1.165) is 42.0 Å². The summed E-state index contributed by atoms with van der Waals surface area (Å²) in [7, 11) is 5.74. The van der Waals surface area contributed by atoms with Gasteiger partial charge in [0.05, 0.1) is 18.6 Å². The third kappa shape index (κ3) is 3.47. The van der Waals surface area contributed by atoms with Crippen molar-refractivity contribution in [1.82, 2.24) is 9.80 Å². The number of hydrogen-bond acceptors (Lipinski definition) is 4. The van der Waals surface area contributed by atoms with Crippen molar-refractivity contribution in [1.29, 1.82) is 0 Å². The molecule has 1 atom stereocenters. The third-order valence-electron chi connectivity index (χ3n) is 5.82. The molecule has 1 amide bonds. The van der Waals surface area contributed by atoms with Gasteiger partial charge in [-0.15, -0.1) is 0 Å². The zero-order valence-electron chi connectivity index (χ0n) is 16.9. The number of rotatable bonds is 5. The van der Waals surface area contributed by atoms with E-state index in [4.69, 9.17) is 9.47 Å². The maximum absolute atomic E-state index is 13.8. The molecule has 1 saturated carbocycles. The van der Waals surface area contributed by atoms with Crippen molar-refractivity contribution >= 4 is 5.91 Å². The molecular formula is C23H28N2O3. The second-order valence-electron chi connectivity index (χ2n) is 8.08. The smallest absolute Gasteiger partial charge is 0.233 e. The van der Waals surface area contributed by atoms with E-state index in [0.29, 0.717) is 13.2 Å². The monoisotopic (exact) mass is 380 g/mol. The van der Waals surface area contributed by atoms with Crippen LogP contribution < -0.4 is 9.47 Å². The Bertz CT molecular complexity index is 843. The van der Waals surface area contributed by atoms with Crippen LogP contribution in [0.1, 0.15) is 24.0 Å². The van der Waals surface area contributed by atoms with Gasteiger partial charge in [-0.2, -0.15) is 0 Å². The molecule has 1 fully saturated rings. The summed E-state index contributed by atoms with van der Waals surface area (Å²) in [5, 5.41) is 0. The fourth-order valence-corrected chi connectivity index (χ4v) is 4.11. The second kappa shape index (κ2) is 7.47. The average Bonchev–Trinajstić information content (AvgIpc) is 3.52. The van der Waals surface area contributed by atoms with Crippen LogP contribution in [0.25, 0.3) is 0 Å². The Morgan fingerprint density at radius 1 is 1.18 bits per heavy atom. The van der Waals surface area contributed by atoms with E-state index in [2.05, 4.69) is 11.0 Å². The van der Waals surface area contributed by atoms with E-state index in [1.165, 1.54) is 0 Å². The standard InChI is InChI=1S/C23H28N2O3/c1-24(2)15-19-16-28-21-7-5-4-6-17(21)14-25(19)22(26)23(12-13-23)18-8-10-20(27-3)11-9-18/h4-11,19H,12-16H2,1-3H3. The van der Waals surface area contributed by atoms with Crippen molar-refractivity contribution in [3.05, 3.63) is 59.7 Å². The van der Waals surface area contributed by atoms with Gasteiger partial charge in [-0.05, 0) is 50.7 Å². The molecule has 5 nitrogen and oxygen atoms in total. The van der Waals surface area contributed by atoms with Crippen LogP contribution in [0.3, 0.4) is 0 Å². The third-order valence-corrected chi connectivity index (χ3v) is 5.82. The van der Waals surface area contributed by atoms with Crippen LogP contribution in [0.4, 0.5) is 0 Å². The molecule has 0 aromatic heterocycles. The summed E-state index contributed by atoms with van der Waals surface area (Å²) in [6, 6.07) is 16.0. The lowest BCUT2D eigenvalue weighted by atomic mass is 9.93. The Balaban J connectivity index is 1.65. The number of nitrogens with zero attached hydrogens (tertiary/aromatic N) is 2. The summed E-state index contributed by atoms with van der Waals surface area (Å²) < 4.78 is 11.4. The topological polar surface area (TPSA) is 42.0 Å². The van der Waals surface area contributed by atoms with Gasteiger partial charge in [0.15, 0.2) is 0 Å². The molecule has 0 radical (unpaired) electrons. The molecule has 5 heteroatoms. The average molecular weight is 380 g/mol. The Labute approximate surface area is 166 Å². The summed E-state index contributed by atoms with van der Waals surface area (Å²) in [5.74, 6) is 1.91. The largest absolute Gasteiger partial charge is 0.497 e. The summed E-state index contributed by atoms with van der Waals surface area (Å²) in [6.07, 6.45) is 1.79. The van der Waals surface area contributed by atoms with Crippen LogP contribution in [0.5, 0.6) is 11.5 Å². The number of para-hydroxylation sites is 1. The van der Waals surface area contributed by atoms with Gasteiger partial charge in [0.2, 0.25) is 5.91 Å². The lowest BCUT2D eigenvalue weighted by Crippen LogP contribution is -2.50. The van der Waals surface area contributed by atoms with Gasteiger partial charge in [0, 0.05) is 18.7 Å². The first-order valence-electron chi connectivity index (χ1n) is 9.84. The number of methoxy groups -OCH3 is 1. The highest BCUT2D eigenvalue weighted by Crippen LogP contribution is 2.50. The predicted octanol–water partition coefficient (Wildman–Crippen LogP) is 3.08. The molecule has 2 aromatic rings. The molecule has 28 heavy (non-hydrogen) atoms. The number of amides is 1. The van der Waals surface area contributed by atoms with Crippen LogP contribution in [-0.2, 0) is 16.8 Å². The molecule has 4 rings (SSSR count). The summed E-state index contributed by atoms with van der Waals surface area (Å²) >= 11 is 0. The van der Waals surface area contributed by atoms with Gasteiger partial charge in [0.25, 0.3) is 0 Å². The molecule has 1 heterocycles. The zero-order valence-corrected chi connectivity index (χ0v) is 16.9. The first-order valence-corrected chi connectivity index (χ1v) is 9.84. The van der Waals surface area contributed by atoms with E-state index < -0.39 is 5.41 Å². The second-order valence-corrected chi connectivity index (χ2v) is 8.08. The minimum Gasteiger partial charge on any atom is -0.497 e. The molecule has 0 N–H and O–H groups in total. The van der Waals surface area contributed by atoms with Gasteiger partial charge in [-0.25, -0.2) is 0 Å². The van der Waals surface area contributed by atoms with E-state index in [-0.39, 0.29) is 11.9 Å². The molecule has 2 aromatic carbocycles. The SMILES string of the molecule is COc1ccc(C2(C(=O)N3Cc4ccccc4OCC3CN(C)C)CC2)cc1. The number of benzene rings is 2. The first kappa shape index (κ1) is 18.8. The van der Waals surface area contributed by atoms with E-state index in [9.17, 15) is 4.79 Å². The van der Waals surface area contributed by atoms with Crippen LogP contribution >= 0.6 is 0 Å². The maximum Gasteiger partial charge on any atom is 0.233 e. The van der Waals surface area contributed by atoms with Gasteiger partial charge in [0.1, 0.15) is 18.1 Å². The van der Waals surface area contributed by atoms with Crippen molar-refractivity contribution in [2.24, 2.45) is 0 Å². The quantitative estimate of drug-likeness (QED) is 0.800. The van der Waals surface area contributed by atoms with Crippen molar-refractivity contribution < 1.29 is 14.3 Å². The maximum atomic E-state index is 13.8. The van der Waals surface area contributed by atoms with Gasteiger partial charge < -0.3 is 19.3 Å². The number of ether oxygens (including phenoxy) is 2. The van der Waals surface area contributed by atoms with Crippen molar-refractivity contribution in [3.63, 3.8) is 0 Å². The van der Waals surface area contributed by atoms with Crippen LogP contribution in [0, 0.1) is 0 Å². The number of fused-ring (bicyclic) bond motifs is 1. The van der Waals surface area contributed by atoms with E-state index in [1.807, 2.05) is 61.5 Å². The highest BCUT2D eigenvalue weighted by atomic mass is 16.5. The molecule has 1 aliphatic carbocycles. The highest BCUT2D eigenvalue weighted by molar-refractivity contribution is 5.91. The minimum absolute atomic E-state index is 0.0191. The predicted molar refractivity (Wildman–Crippen MR) is 109 cm³/mol. The summed E-state index contributed by atoms with van der Waals surface area (Å²) in [5.41, 5.74) is 1.75. The molecule has 148 valence electrons. The summed E-state index contributed by atoms with van der Waals surface area (Å²) in [4.78, 5) is 18.0. The van der Waals surface area contributed by atoms with Gasteiger partial charge >= 0.3 is 0 Å². The molecule has 0 spiro atoms. The first-order chi connectivity index (χ1) is 13.5. The molecule has 0 bridgehead atoms. The Morgan fingerprint density at radius 2 is 1.89 bits per heavy atom. The lowest BCUT2D eigenvalue weighted by Gasteiger charge is -2.34. The van der Waals surface area contributed by atoms with Crippen molar-refractivity contribution in [3.8, 4) is 11.5 Å².